The molecule has 0 radical (unpaired) electrons. The summed E-state index contributed by atoms with van der Waals surface area (Å²) in [6.07, 6.45) is -6.83. The summed E-state index contributed by atoms with van der Waals surface area (Å²) in [6, 6.07) is 9.43. The molecular weight excluding hydrogens is 714 g/mol. The van der Waals surface area contributed by atoms with Crippen molar-refractivity contribution in [3.05, 3.63) is 94.1 Å². The van der Waals surface area contributed by atoms with Crippen molar-refractivity contribution < 1.29 is 45.0 Å². The summed E-state index contributed by atoms with van der Waals surface area (Å²) in [6.45, 7) is 1.64. The van der Waals surface area contributed by atoms with Crippen molar-refractivity contribution >= 4 is 22.6 Å². The first kappa shape index (κ1) is 37.3. The number of hydrogen-bond donors (Lipinski definition) is 3. The zero-order chi connectivity index (χ0) is 38.6. The molecule has 0 bridgehead atoms. The molecule has 4 N–H and O–H groups in total. The van der Waals surface area contributed by atoms with E-state index in [1.807, 2.05) is 0 Å². The summed E-state index contributed by atoms with van der Waals surface area (Å²) in [5.74, 6) is -5.62. The molecule has 0 spiro atoms. The number of para-hydroxylation sites is 1. The van der Waals surface area contributed by atoms with E-state index in [0.29, 0.717) is 28.1 Å². The van der Waals surface area contributed by atoms with Crippen molar-refractivity contribution in [1.82, 2.24) is 29.9 Å². The Kier molecular flexibility index (Phi) is 9.48. The summed E-state index contributed by atoms with van der Waals surface area (Å²) in [4.78, 5) is 18.4. The molecule has 5 aromatic rings. The van der Waals surface area contributed by atoms with Crippen molar-refractivity contribution in [2.45, 2.75) is 69.6 Å². The summed E-state index contributed by atoms with van der Waals surface area (Å²) < 4.78 is 118. The molecular formula is C36H31F8N7O2. The maximum atomic E-state index is 15.1. The normalized spacial score (nSPS) is 15.6. The number of carbonyl (C=O) groups is 1. The minimum Gasteiger partial charge on any atom is -0.382 e. The molecule has 2 aromatic carbocycles. The highest BCUT2D eigenvalue weighted by Gasteiger charge is 2.55. The number of anilines is 1. The van der Waals surface area contributed by atoms with Crippen LogP contribution in [0.3, 0.4) is 0 Å². The van der Waals surface area contributed by atoms with E-state index in [-0.39, 0.29) is 33.9 Å². The lowest BCUT2D eigenvalue weighted by Gasteiger charge is -2.29. The number of benzene rings is 2. The number of carbonyl (C=O) groups excluding carboxylic acids is 1. The fourth-order valence-corrected chi connectivity index (χ4v) is 6.43. The van der Waals surface area contributed by atoms with E-state index >= 15 is 8.78 Å². The Bertz CT molecular complexity index is 2280. The van der Waals surface area contributed by atoms with Crippen LogP contribution >= 0.6 is 0 Å². The zero-order valence-corrected chi connectivity index (χ0v) is 28.3. The lowest BCUT2D eigenvalue weighted by molar-refractivity contribution is -0.123. The number of nitrogens with two attached hydrogens (primary N) is 1. The monoisotopic (exact) mass is 745 g/mol. The molecule has 9 nitrogen and oxygen atoms in total. The molecule has 278 valence electrons. The van der Waals surface area contributed by atoms with Crippen molar-refractivity contribution in [1.29, 1.82) is 0 Å². The number of nitrogens with zero attached hydrogens (tertiary/aromatic N) is 5. The Morgan fingerprint density at radius 2 is 1.68 bits per heavy atom. The van der Waals surface area contributed by atoms with Gasteiger partial charge in [-0.1, -0.05) is 18.1 Å². The quantitative estimate of drug-likeness (QED) is 0.118. The summed E-state index contributed by atoms with van der Waals surface area (Å²) in [5, 5.41) is 21.0. The van der Waals surface area contributed by atoms with Crippen molar-refractivity contribution in [2.24, 2.45) is 7.05 Å². The van der Waals surface area contributed by atoms with E-state index in [9.17, 15) is 36.2 Å². The van der Waals surface area contributed by atoms with Gasteiger partial charge in [-0.2, -0.15) is 19.0 Å². The van der Waals surface area contributed by atoms with Gasteiger partial charge >= 0.3 is 0 Å². The Morgan fingerprint density at radius 3 is 2.34 bits per heavy atom. The molecule has 1 amide bonds. The minimum absolute atomic E-state index is 0.0131. The third-order valence-corrected chi connectivity index (χ3v) is 8.58. The first-order valence-electron chi connectivity index (χ1n) is 16.1. The maximum Gasteiger partial charge on any atom is 0.290 e. The molecule has 0 fully saturated rings. The van der Waals surface area contributed by atoms with Crippen LogP contribution in [0.4, 0.5) is 40.9 Å². The molecule has 3 aromatic heterocycles. The predicted octanol–water partition coefficient (Wildman–Crippen LogP) is 6.83. The molecule has 0 aliphatic heterocycles. The van der Waals surface area contributed by atoms with Crippen LogP contribution in [0.5, 0.6) is 0 Å². The Morgan fingerprint density at radius 1 is 1.00 bits per heavy atom. The molecule has 0 saturated carbocycles. The highest BCUT2D eigenvalue weighted by atomic mass is 19.3. The van der Waals surface area contributed by atoms with Crippen LogP contribution < -0.4 is 11.1 Å². The minimum atomic E-state index is -4.07. The second-order valence-corrected chi connectivity index (χ2v) is 13.2. The van der Waals surface area contributed by atoms with Gasteiger partial charge in [0.2, 0.25) is 5.91 Å². The lowest BCUT2D eigenvalue weighted by Crippen LogP contribution is -2.37. The van der Waals surface area contributed by atoms with Crippen LogP contribution in [0, 0.1) is 23.5 Å². The average Bonchev–Trinajstić information content (AvgIpc) is 3.59. The second-order valence-electron chi connectivity index (χ2n) is 13.2. The number of aryl methyl sites for hydroxylation is 1. The second kappa shape index (κ2) is 13.5. The van der Waals surface area contributed by atoms with Gasteiger partial charge in [-0.05, 0) is 62.1 Å². The van der Waals surface area contributed by atoms with Gasteiger partial charge in [-0.25, -0.2) is 31.3 Å². The molecule has 3 heterocycles. The molecule has 53 heavy (non-hydrogen) atoms. The predicted molar refractivity (Wildman–Crippen MR) is 177 cm³/mol. The van der Waals surface area contributed by atoms with Gasteiger partial charge in [0.25, 0.3) is 18.3 Å². The molecule has 0 unspecified atom stereocenters. The Hall–Kier alpha value is -5.50. The highest BCUT2D eigenvalue weighted by Crippen LogP contribution is 2.52. The number of rotatable bonds is 8. The van der Waals surface area contributed by atoms with Crippen LogP contribution in [0.15, 0.2) is 48.5 Å². The average molecular weight is 746 g/mol. The number of alkyl halides is 6. The SMILES string of the molecule is Cn1nc(N)c2cccc(-c3ccc(C#CC(C)(C)O)nc3[C@H](Cc3cc(F)cc(F)c3)NC(=O)Cn3nc(C(F)F)c4c3C(F)(F)CCC4(F)F)c21. The van der Waals surface area contributed by atoms with Gasteiger partial charge < -0.3 is 16.2 Å². The van der Waals surface area contributed by atoms with Gasteiger partial charge in [-0.15, -0.1) is 0 Å². The van der Waals surface area contributed by atoms with Crippen LogP contribution in [0.2, 0.25) is 0 Å². The topological polar surface area (TPSA) is 124 Å². The van der Waals surface area contributed by atoms with Gasteiger partial charge in [0.15, 0.2) is 5.82 Å². The molecule has 6 rings (SSSR count). The molecule has 1 atom stereocenters. The molecule has 1 aliphatic carbocycles. The number of amides is 1. The highest BCUT2D eigenvalue weighted by molar-refractivity contribution is 6.00. The number of pyridine rings is 1. The number of aromatic nitrogens is 5. The number of nitrogens with one attached hydrogen (secondary N) is 1. The number of fused-ring (bicyclic) bond motifs is 2. The summed E-state index contributed by atoms with van der Waals surface area (Å²) in [7, 11) is 1.63. The third-order valence-electron chi connectivity index (χ3n) is 8.58. The van der Waals surface area contributed by atoms with E-state index < -0.39 is 83.8 Å². The first-order valence-corrected chi connectivity index (χ1v) is 16.1. The van der Waals surface area contributed by atoms with Gasteiger partial charge in [0.05, 0.1) is 22.8 Å². The number of nitrogen functional groups attached to an aromatic ring is 1. The Balaban J connectivity index is 1.51. The van der Waals surface area contributed by atoms with Crippen molar-refractivity contribution in [3.8, 4) is 23.0 Å². The van der Waals surface area contributed by atoms with E-state index in [1.165, 1.54) is 24.6 Å². The van der Waals surface area contributed by atoms with E-state index in [2.05, 4.69) is 32.3 Å². The van der Waals surface area contributed by atoms with E-state index in [0.717, 1.165) is 12.1 Å². The van der Waals surface area contributed by atoms with E-state index in [1.54, 1.807) is 31.3 Å². The standard InChI is InChI=1S/C36H31F8N7O2/c1-34(2,53)10-9-21-7-8-22(23-5-4-6-24-30(23)50(3)49-33(24)45)28(46-21)25(15-18-13-19(37)16-20(38)14-18)47-26(52)17-51-31-27(29(48-51)32(39)40)35(41,42)11-12-36(31,43)44/h4-8,13-14,16,25,32,53H,11-12,15,17H2,1-3H3,(H2,45,49)(H,47,52)/t25-/m0/s1. The first-order chi connectivity index (χ1) is 24.7. The smallest absolute Gasteiger partial charge is 0.290 e. The number of hydrogen-bond acceptors (Lipinski definition) is 6. The largest absolute Gasteiger partial charge is 0.382 e. The lowest BCUT2D eigenvalue weighted by atomic mass is 9.89. The molecule has 17 heteroatoms. The fourth-order valence-electron chi connectivity index (χ4n) is 6.43. The fraction of sp³-hybridized carbons (Fsp3) is 0.333. The number of aliphatic hydroxyl groups is 1. The van der Waals surface area contributed by atoms with Gasteiger partial charge in [0.1, 0.15) is 40.9 Å². The maximum absolute atomic E-state index is 15.1. The molecule has 1 aliphatic rings. The van der Waals surface area contributed by atoms with Crippen LogP contribution in [0.1, 0.15) is 73.1 Å². The Labute approximate surface area is 296 Å². The zero-order valence-electron chi connectivity index (χ0n) is 28.3. The van der Waals surface area contributed by atoms with Crippen molar-refractivity contribution in [2.75, 3.05) is 5.73 Å². The van der Waals surface area contributed by atoms with E-state index in [4.69, 9.17) is 5.73 Å². The van der Waals surface area contributed by atoms with Crippen LogP contribution in [-0.2, 0) is 36.7 Å². The summed E-state index contributed by atoms with van der Waals surface area (Å²) >= 11 is 0. The molecule has 0 saturated heterocycles. The van der Waals surface area contributed by atoms with Gasteiger partial charge in [0, 0.05) is 42.5 Å². The van der Waals surface area contributed by atoms with Crippen LogP contribution in [0.25, 0.3) is 22.0 Å². The van der Waals surface area contributed by atoms with Crippen LogP contribution in [-0.4, -0.2) is 41.2 Å². The van der Waals surface area contributed by atoms with Crippen molar-refractivity contribution in [3.63, 3.8) is 0 Å². The summed E-state index contributed by atoms with van der Waals surface area (Å²) in [5.41, 5.74) is 1.42. The van der Waals surface area contributed by atoms with Gasteiger partial charge in [-0.3, -0.25) is 14.2 Å². The number of halogens is 8. The third kappa shape index (κ3) is 7.54.